The molecule has 5 heteroatoms. The summed E-state index contributed by atoms with van der Waals surface area (Å²) in [5, 5.41) is 12.3. The summed E-state index contributed by atoms with van der Waals surface area (Å²) in [5.41, 5.74) is 1.07. The van der Waals surface area contributed by atoms with Crippen molar-refractivity contribution in [2.24, 2.45) is 0 Å². The van der Waals surface area contributed by atoms with E-state index in [1.165, 1.54) is 6.20 Å². The summed E-state index contributed by atoms with van der Waals surface area (Å²) in [6.45, 7) is 3.72. The predicted octanol–water partition coefficient (Wildman–Crippen LogP) is 1.19. The smallest absolute Gasteiger partial charge is 0.339 e. The van der Waals surface area contributed by atoms with Gasteiger partial charge in [-0.1, -0.05) is 5.75 Å². The maximum absolute atomic E-state index is 12.0. The molecule has 0 unspecified atom stereocenters. The molecule has 2 aromatic heterocycles. The van der Waals surface area contributed by atoms with E-state index in [-0.39, 0.29) is 17.9 Å². The van der Waals surface area contributed by atoms with Gasteiger partial charge in [0, 0.05) is 17.3 Å². The summed E-state index contributed by atoms with van der Waals surface area (Å²) < 4.78 is 4.78. The van der Waals surface area contributed by atoms with Crippen molar-refractivity contribution in [3.8, 4) is 5.75 Å². The second-order valence-corrected chi connectivity index (χ2v) is 3.55. The second-order valence-electron chi connectivity index (χ2n) is 3.55. The standard InChI is InChI=1S/C12H12N2O3/c1-3-17-12(16)9-6-13-11-8(10(9)15)5-4-7(2)14-11/h4-6H,3H2,1-2H3,(H,13,14,15)/p-1. The number of hydrogen-bond acceptors (Lipinski definition) is 5. The number of pyridine rings is 2. The number of nitrogens with zero attached hydrogens (tertiary/aromatic N) is 2. The molecule has 0 aromatic carbocycles. The van der Waals surface area contributed by atoms with E-state index in [1.54, 1.807) is 19.1 Å². The normalized spacial score (nSPS) is 10.5. The Morgan fingerprint density at radius 1 is 1.47 bits per heavy atom. The van der Waals surface area contributed by atoms with Crippen molar-refractivity contribution in [2.75, 3.05) is 6.61 Å². The molecule has 0 amide bonds. The molecular formula is C12H11N2O3-. The highest BCUT2D eigenvalue weighted by atomic mass is 16.5. The largest absolute Gasteiger partial charge is 0.871 e. The van der Waals surface area contributed by atoms with E-state index in [9.17, 15) is 9.90 Å². The number of aromatic nitrogens is 2. The van der Waals surface area contributed by atoms with Crippen LogP contribution in [0.15, 0.2) is 18.3 Å². The van der Waals surface area contributed by atoms with Crippen LogP contribution in [0.4, 0.5) is 0 Å². The van der Waals surface area contributed by atoms with E-state index in [4.69, 9.17) is 4.74 Å². The molecule has 0 atom stereocenters. The number of fused-ring (bicyclic) bond motifs is 1. The summed E-state index contributed by atoms with van der Waals surface area (Å²) in [6, 6.07) is 3.33. The minimum Gasteiger partial charge on any atom is -0.871 e. The Hall–Kier alpha value is -2.17. The third-order valence-electron chi connectivity index (χ3n) is 2.31. The number of carbonyl (C=O) groups excluding carboxylic acids is 1. The second kappa shape index (κ2) is 4.37. The van der Waals surface area contributed by atoms with Gasteiger partial charge in [0.1, 0.15) is 0 Å². The Balaban J connectivity index is 2.58. The molecule has 0 spiro atoms. The summed E-state index contributed by atoms with van der Waals surface area (Å²) in [4.78, 5) is 19.6. The van der Waals surface area contributed by atoms with Gasteiger partial charge in [0.15, 0.2) is 5.65 Å². The average molecular weight is 231 g/mol. The number of ether oxygens (including phenoxy) is 1. The molecule has 2 heterocycles. The van der Waals surface area contributed by atoms with Crippen molar-refractivity contribution in [1.29, 1.82) is 0 Å². The fraction of sp³-hybridized carbons (Fsp3) is 0.250. The third kappa shape index (κ3) is 2.04. The Bertz CT molecular complexity index is 581. The van der Waals surface area contributed by atoms with Gasteiger partial charge < -0.3 is 9.84 Å². The zero-order chi connectivity index (χ0) is 12.4. The lowest BCUT2D eigenvalue weighted by molar-refractivity contribution is -0.266. The first-order valence-electron chi connectivity index (χ1n) is 5.24. The van der Waals surface area contributed by atoms with Crippen molar-refractivity contribution in [3.63, 3.8) is 0 Å². The molecule has 0 bridgehead atoms. The highest BCUT2D eigenvalue weighted by Crippen LogP contribution is 2.24. The van der Waals surface area contributed by atoms with E-state index in [1.807, 2.05) is 6.92 Å². The molecule has 0 N–H and O–H groups in total. The number of esters is 1. The van der Waals surface area contributed by atoms with Crippen LogP contribution in [-0.2, 0) is 4.74 Å². The molecule has 5 nitrogen and oxygen atoms in total. The lowest BCUT2D eigenvalue weighted by Crippen LogP contribution is -2.10. The average Bonchev–Trinajstić information content (AvgIpc) is 2.29. The van der Waals surface area contributed by atoms with Crippen molar-refractivity contribution in [2.45, 2.75) is 13.8 Å². The molecule has 0 saturated heterocycles. The van der Waals surface area contributed by atoms with Gasteiger partial charge in [-0.05, 0) is 26.0 Å². The van der Waals surface area contributed by atoms with Crippen LogP contribution in [0.25, 0.3) is 11.0 Å². The Morgan fingerprint density at radius 3 is 2.94 bits per heavy atom. The van der Waals surface area contributed by atoms with Crippen molar-refractivity contribution in [1.82, 2.24) is 9.97 Å². The molecular weight excluding hydrogens is 220 g/mol. The first-order valence-corrected chi connectivity index (χ1v) is 5.24. The van der Waals surface area contributed by atoms with Crippen LogP contribution in [0.3, 0.4) is 0 Å². The van der Waals surface area contributed by atoms with Gasteiger partial charge in [0.25, 0.3) is 0 Å². The maximum Gasteiger partial charge on any atom is 0.339 e. The molecule has 0 fully saturated rings. The van der Waals surface area contributed by atoms with Crippen molar-refractivity contribution < 1.29 is 14.6 Å². The van der Waals surface area contributed by atoms with E-state index in [0.29, 0.717) is 11.0 Å². The van der Waals surface area contributed by atoms with Gasteiger partial charge in [-0.15, -0.1) is 0 Å². The van der Waals surface area contributed by atoms with E-state index in [2.05, 4.69) is 9.97 Å². The van der Waals surface area contributed by atoms with Gasteiger partial charge >= 0.3 is 5.97 Å². The Kier molecular flexibility index (Phi) is 2.91. The summed E-state index contributed by atoms with van der Waals surface area (Å²) in [6.07, 6.45) is 1.22. The Morgan fingerprint density at radius 2 is 2.24 bits per heavy atom. The quantitative estimate of drug-likeness (QED) is 0.725. The molecule has 88 valence electrons. The molecule has 17 heavy (non-hydrogen) atoms. The van der Waals surface area contributed by atoms with Crippen LogP contribution in [-0.4, -0.2) is 22.5 Å². The van der Waals surface area contributed by atoms with Crippen LogP contribution < -0.4 is 5.11 Å². The summed E-state index contributed by atoms with van der Waals surface area (Å²) in [7, 11) is 0. The topological polar surface area (TPSA) is 75.1 Å². The molecule has 0 radical (unpaired) electrons. The fourth-order valence-corrected chi connectivity index (χ4v) is 1.50. The zero-order valence-corrected chi connectivity index (χ0v) is 9.56. The first-order chi connectivity index (χ1) is 8.13. The van der Waals surface area contributed by atoms with Gasteiger partial charge in [-0.25, -0.2) is 14.8 Å². The van der Waals surface area contributed by atoms with Crippen LogP contribution in [0.2, 0.25) is 0 Å². The Labute approximate surface area is 98.1 Å². The van der Waals surface area contributed by atoms with E-state index >= 15 is 0 Å². The molecule has 0 aliphatic rings. The van der Waals surface area contributed by atoms with Crippen molar-refractivity contribution >= 4 is 17.0 Å². The van der Waals surface area contributed by atoms with Crippen LogP contribution in [0.5, 0.6) is 5.75 Å². The van der Waals surface area contributed by atoms with Gasteiger partial charge in [-0.3, -0.25) is 0 Å². The predicted molar refractivity (Wildman–Crippen MR) is 59.7 cm³/mol. The number of aryl methyl sites for hydroxylation is 1. The molecule has 0 saturated carbocycles. The van der Waals surface area contributed by atoms with E-state index < -0.39 is 5.97 Å². The summed E-state index contributed by atoms with van der Waals surface area (Å²) >= 11 is 0. The third-order valence-corrected chi connectivity index (χ3v) is 2.31. The monoisotopic (exact) mass is 231 g/mol. The molecule has 2 rings (SSSR count). The number of hydrogen-bond donors (Lipinski definition) is 0. The lowest BCUT2D eigenvalue weighted by Gasteiger charge is -2.14. The number of rotatable bonds is 2. The molecule has 2 aromatic rings. The van der Waals surface area contributed by atoms with Gasteiger partial charge in [0.05, 0.1) is 12.2 Å². The summed E-state index contributed by atoms with van der Waals surface area (Å²) in [5.74, 6) is -1.03. The fourth-order valence-electron chi connectivity index (χ4n) is 1.50. The first kappa shape index (κ1) is 11.3. The van der Waals surface area contributed by atoms with Crippen LogP contribution >= 0.6 is 0 Å². The lowest BCUT2D eigenvalue weighted by atomic mass is 10.2. The minimum atomic E-state index is -0.646. The zero-order valence-electron chi connectivity index (χ0n) is 9.56. The van der Waals surface area contributed by atoms with E-state index in [0.717, 1.165) is 5.69 Å². The SMILES string of the molecule is CCOC(=O)c1cnc2nc(C)ccc2c1[O-]. The highest BCUT2D eigenvalue weighted by molar-refractivity contribution is 5.98. The highest BCUT2D eigenvalue weighted by Gasteiger charge is 2.10. The molecule has 0 aliphatic carbocycles. The van der Waals surface area contributed by atoms with Crippen molar-refractivity contribution in [3.05, 3.63) is 29.6 Å². The van der Waals surface area contributed by atoms with Crippen LogP contribution in [0, 0.1) is 6.92 Å². The maximum atomic E-state index is 12.0. The van der Waals surface area contributed by atoms with Gasteiger partial charge in [0.2, 0.25) is 0 Å². The van der Waals surface area contributed by atoms with Crippen LogP contribution in [0.1, 0.15) is 23.0 Å². The minimum absolute atomic E-state index is 0.0509. The number of carbonyl (C=O) groups is 1. The van der Waals surface area contributed by atoms with Gasteiger partial charge in [-0.2, -0.15) is 0 Å². The molecule has 0 aliphatic heterocycles.